The van der Waals surface area contributed by atoms with E-state index in [2.05, 4.69) is 15.2 Å². The summed E-state index contributed by atoms with van der Waals surface area (Å²) in [4.78, 5) is 16.9. The van der Waals surface area contributed by atoms with Gasteiger partial charge < -0.3 is 18.5 Å². The van der Waals surface area contributed by atoms with Crippen molar-refractivity contribution in [1.29, 1.82) is 5.26 Å². The maximum absolute atomic E-state index is 13.6. The lowest BCUT2D eigenvalue weighted by Gasteiger charge is -2.15. The summed E-state index contributed by atoms with van der Waals surface area (Å²) >= 11 is 0. The number of nitrogens with one attached hydrogen (secondary N) is 1. The Morgan fingerprint density at radius 2 is 1.91 bits per heavy atom. The molecule has 0 unspecified atom stereocenters. The van der Waals surface area contributed by atoms with E-state index in [1.54, 1.807) is 36.4 Å². The largest absolute Gasteiger partial charge is 0.496 e. The minimum absolute atomic E-state index is 0.193. The molecule has 2 aromatic heterocycles. The Hall–Kier alpha value is -4.36. The zero-order valence-corrected chi connectivity index (χ0v) is 19.4. The first kappa shape index (κ1) is 22.4. The number of hydrogen-bond acceptors (Lipinski definition) is 6. The number of aromatic nitrogens is 2. The lowest BCUT2D eigenvalue weighted by atomic mass is 10.0. The van der Waals surface area contributed by atoms with Gasteiger partial charge in [0.05, 0.1) is 35.0 Å². The average Bonchev–Trinajstić information content (AvgIpc) is 3.21. The standard InChI is InChI=1S/C25H18FN3O5S/c1-3-29-21-11-18(15-5-4-6-16(10-15)34-35(26,31)32)22(33-2)12-19(21)24(30)23-17-8-7-14(13-27)9-20(17)28-25(23)29/h4-12,28H,3H2,1-2H3. The summed E-state index contributed by atoms with van der Waals surface area (Å²) in [5, 5.41) is 10.9. The molecule has 0 amide bonds. The molecule has 0 spiro atoms. The van der Waals surface area contributed by atoms with Crippen LogP contribution in [-0.4, -0.2) is 25.1 Å². The number of pyridine rings is 1. The Morgan fingerprint density at radius 1 is 1.11 bits per heavy atom. The van der Waals surface area contributed by atoms with Crippen LogP contribution in [-0.2, 0) is 17.0 Å². The van der Waals surface area contributed by atoms with Crippen molar-refractivity contribution in [2.24, 2.45) is 0 Å². The van der Waals surface area contributed by atoms with Crippen molar-refractivity contribution in [1.82, 2.24) is 9.55 Å². The fourth-order valence-electron chi connectivity index (χ4n) is 4.47. The lowest BCUT2D eigenvalue weighted by Crippen LogP contribution is -2.11. The molecule has 3 aromatic carbocycles. The number of nitrogens with zero attached hydrogens (tertiary/aromatic N) is 2. The van der Waals surface area contributed by atoms with Gasteiger partial charge in [-0.15, -0.1) is 0 Å². The third-order valence-electron chi connectivity index (χ3n) is 5.92. The molecule has 0 aliphatic rings. The summed E-state index contributed by atoms with van der Waals surface area (Å²) in [5.41, 5.74) is 3.27. The number of aromatic amines is 1. The van der Waals surface area contributed by atoms with Crippen molar-refractivity contribution >= 4 is 43.3 Å². The molecule has 0 atom stereocenters. The minimum Gasteiger partial charge on any atom is -0.496 e. The van der Waals surface area contributed by atoms with E-state index in [1.165, 1.54) is 25.3 Å². The van der Waals surface area contributed by atoms with Gasteiger partial charge in [-0.2, -0.15) is 13.7 Å². The highest BCUT2D eigenvalue weighted by atomic mass is 32.3. The highest BCUT2D eigenvalue weighted by molar-refractivity contribution is 7.81. The van der Waals surface area contributed by atoms with Crippen molar-refractivity contribution in [2.45, 2.75) is 13.5 Å². The van der Waals surface area contributed by atoms with Crippen LogP contribution >= 0.6 is 0 Å². The molecule has 2 heterocycles. The van der Waals surface area contributed by atoms with Gasteiger partial charge in [-0.3, -0.25) is 4.79 Å². The summed E-state index contributed by atoms with van der Waals surface area (Å²) < 4.78 is 46.8. The third-order valence-corrected chi connectivity index (χ3v) is 6.31. The van der Waals surface area contributed by atoms with E-state index in [1.807, 2.05) is 11.5 Å². The normalized spacial score (nSPS) is 11.7. The SMILES string of the molecule is CCn1c2cc(-c3cccc(OS(=O)(=O)F)c3)c(OC)cc2c(=O)c2c3ccc(C#N)cc3[nH]c21. The Kier molecular flexibility index (Phi) is 5.22. The summed E-state index contributed by atoms with van der Waals surface area (Å²) in [6.07, 6.45) is 0. The monoisotopic (exact) mass is 491 g/mol. The van der Waals surface area contributed by atoms with Gasteiger partial charge in [-0.25, -0.2) is 0 Å². The van der Waals surface area contributed by atoms with E-state index in [4.69, 9.17) is 4.74 Å². The fourth-order valence-corrected chi connectivity index (χ4v) is 4.80. The van der Waals surface area contributed by atoms with Gasteiger partial charge in [0, 0.05) is 23.0 Å². The predicted octanol–water partition coefficient (Wildman–Crippen LogP) is 4.80. The number of H-pyrrole nitrogens is 1. The average molecular weight is 492 g/mol. The number of nitriles is 1. The number of rotatable bonds is 5. The van der Waals surface area contributed by atoms with Crippen molar-refractivity contribution in [3.63, 3.8) is 0 Å². The van der Waals surface area contributed by atoms with Gasteiger partial charge in [0.1, 0.15) is 17.1 Å². The number of halogens is 1. The predicted molar refractivity (Wildman–Crippen MR) is 131 cm³/mol. The molecule has 10 heteroatoms. The number of hydrogen-bond donors (Lipinski definition) is 1. The lowest BCUT2D eigenvalue weighted by molar-refractivity contribution is 0.417. The molecule has 35 heavy (non-hydrogen) atoms. The molecule has 0 saturated carbocycles. The van der Waals surface area contributed by atoms with Gasteiger partial charge in [0.25, 0.3) is 0 Å². The molecule has 0 saturated heterocycles. The van der Waals surface area contributed by atoms with E-state index >= 15 is 0 Å². The zero-order chi connectivity index (χ0) is 24.9. The van der Waals surface area contributed by atoms with Crippen LogP contribution in [0.2, 0.25) is 0 Å². The van der Waals surface area contributed by atoms with Gasteiger partial charge in [0.2, 0.25) is 0 Å². The number of fused-ring (bicyclic) bond motifs is 4. The van der Waals surface area contributed by atoms with Gasteiger partial charge in [-0.1, -0.05) is 22.1 Å². The van der Waals surface area contributed by atoms with E-state index < -0.39 is 10.5 Å². The first-order valence-electron chi connectivity index (χ1n) is 10.6. The smallest absolute Gasteiger partial charge is 0.488 e. The maximum Gasteiger partial charge on any atom is 0.488 e. The number of methoxy groups -OCH3 is 1. The Balaban J connectivity index is 1.84. The second-order valence-electron chi connectivity index (χ2n) is 7.87. The molecular formula is C25H18FN3O5S. The van der Waals surface area contributed by atoms with Gasteiger partial charge >= 0.3 is 10.5 Å². The van der Waals surface area contributed by atoms with E-state index in [0.29, 0.717) is 61.8 Å². The second kappa shape index (κ2) is 8.14. The Labute approximate surface area is 199 Å². The molecule has 176 valence electrons. The van der Waals surface area contributed by atoms with Crippen molar-refractivity contribution in [2.75, 3.05) is 7.11 Å². The summed E-state index contributed by atoms with van der Waals surface area (Å²) in [6, 6.07) is 16.6. The Morgan fingerprint density at radius 3 is 2.60 bits per heavy atom. The van der Waals surface area contributed by atoms with Gasteiger partial charge in [-0.05, 0) is 48.9 Å². The summed E-state index contributed by atoms with van der Waals surface area (Å²) in [6.45, 7) is 2.47. The minimum atomic E-state index is -5.19. The van der Waals surface area contributed by atoms with Crippen LogP contribution in [0.5, 0.6) is 11.5 Å². The van der Waals surface area contributed by atoms with Crippen LogP contribution in [0.1, 0.15) is 12.5 Å². The molecule has 0 aliphatic heterocycles. The van der Waals surface area contributed by atoms with Crippen LogP contribution in [0.25, 0.3) is 44.0 Å². The van der Waals surface area contributed by atoms with E-state index in [-0.39, 0.29) is 11.2 Å². The molecular weight excluding hydrogens is 473 g/mol. The topological polar surface area (TPSA) is 114 Å². The zero-order valence-electron chi connectivity index (χ0n) is 18.6. The van der Waals surface area contributed by atoms with Crippen molar-refractivity contribution in [3.05, 3.63) is 70.4 Å². The highest BCUT2D eigenvalue weighted by Crippen LogP contribution is 2.37. The summed E-state index contributed by atoms with van der Waals surface area (Å²) in [7, 11) is -3.72. The fraction of sp³-hybridized carbons (Fsp3) is 0.120. The molecule has 0 radical (unpaired) electrons. The summed E-state index contributed by atoms with van der Waals surface area (Å²) in [5.74, 6) is 0.183. The molecule has 0 aliphatic carbocycles. The quantitative estimate of drug-likeness (QED) is 0.354. The second-order valence-corrected chi connectivity index (χ2v) is 8.82. The highest BCUT2D eigenvalue weighted by Gasteiger charge is 2.19. The molecule has 8 nitrogen and oxygen atoms in total. The van der Waals surface area contributed by atoms with Crippen LogP contribution in [0.4, 0.5) is 3.89 Å². The van der Waals surface area contributed by atoms with E-state index in [0.717, 1.165) is 0 Å². The Bertz CT molecular complexity index is 1870. The third kappa shape index (κ3) is 3.76. The van der Waals surface area contributed by atoms with Crippen LogP contribution in [0, 0.1) is 11.3 Å². The molecule has 0 bridgehead atoms. The molecule has 5 aromatic rings. The molecule has 0 fully saturated rings. The van der Waals surface area contributed by atoms with Crippen LogP contribution in [0.15, 0.2) is 59.4 Å². The molecule has 1 N–H and O–H groups in total. The van der Waals surface area contributed by atoms with Crippen LogP contribution in [0.3, 0.4) is 0 Å². The van der Waals surface area contributed by atoms with Gasteiger partial charge in [0.15, 0.2) is 5.43 Å². The van der Waals surface area contributed by atoms with Crippen molar-refractivity contribution < 1.29 is 21.2 Å². The number of benzene rings is 3. The molecule has 5 rings (SSSR count). The van der Waals surface area contributed by atoms with Crippen molar-refractivity contribution in [3.8, 4) is 28.7 Å². The first-order chi connectivity index (χ1) is 16.7. The van der Waals surface area contributed by atoms with E-state index in [9.17, 15) is 22.4 Å². The number of aryl methyl sites for hydroxylation is 1. The first-order valence-corrected chi connectivity index (χ1v) is 11.9. The van der Waals surface area contributed by atoms with Crippen LogP contribution < -0.4 is 14.3 Å². The number of ether oxygens (including phenoxy) is 1. The maximum atomic E-state index is 13.6.